The van der Waals surface area contributed by atoms with Crippen molar-refractivity contribution in [1.82, 2.24) is 9.78 Å². The number of hydrogen-bond acceptors (Lipinski definition) is 3. The summed E-state index contributed by atoms with van der Waals surface area (Å²) in [6.07, 6.45) is 5.49. The summed E-state index contributed by atoms with van der Waals surface area (Å²) in [5.41, 5.74) is 2.77. The van der Waals surface area contributed by atoms with Gasteiger partial charge < -0.3 is 0 Å². The van der Waals surface area contributed by atoms with E-state index in [1.54, 1.807) is 10.9 Å². The second kappa shape index (κ2) is 5.20. The van der Waals surface area contributed by atoms with E-state index in [9.17, 15) is 8.42 Å². The van der Waals surface area contributed by atoms with Crippen LogP contribution >= 0.6 is 0 Å². The van der Waals surface area contributed by atoms with Gasteiger partial charge in [-0.1, -0.05) is 12.1 Å². The van der Waals surface area contributed by atoms with Gasteiger partial charge in [0.1, 0.15) is 12.3 Å². The number of sulfonamides is 1. The van der Waals surface area contributed by atoms with Crippen LogP contribution in [0.5, 0.6) is 0 Å². The molecule has 23 heavy (non-hydrogen) atoms. The van der Waals surface area contributed by atoms with Crippen LogP contribution in [-0.2, 0) is 16.6 Å². The van der Waals surface area contributed by atoms with Crippen LogP contribution in [0, 0.1) is 0 Å². The summed E-state index contributed by atoms with van der Waals surface area (Å²) in [7, 11) is -3.26. The average molecular weight is 327 g/mol. The average Bonchev–Trinajstić information content (AvgIpc) is 3.08. The fraction of sp³-hybridized carbons (Fsp3) is 0.125. The Kier molecular flexibility index (Phi) is 3.16. The van der Waals surface area contributed by atoms with Crippen molar-refractivity contribution in [3.8, 4) is 16.8 Å². The molecule has 3 heterocycles. The maximum Gasteiger partial charge on any atom is 0.302 e. The molecule has 1 N–H and O–H groups in total. The van der Waals surface area contributed by atoms with Gasteiger partial charge in [-0.05, 0) is 35.9 Å². The monoisotopic (exact) mass is 327 g/mol. The van der Waals surface area contributed by atoms with Gasteiger partial charge in [0.2, 0.25) is 0 Å². The summed E-state index contributed by atoms with van der Waals surface area (Å²) >= 11 is 0. The smallest absolute Gasteiger partial charge is 0.241 e. The van der Waals surface area contributed by atoms with E-state index < -0.39 is 10.0 Å². The number of aryl methyl sites for hydroxylation is 1. The normalized spacial score (nSPS) is 15.7. The van der Waals surface area contributed by atoms with Crippen molar-refractivity contribution < 1.29 is 13.0 Å². The highest BCUT2D eigenvalue weighted by Gasteiger charge is 2.29. The standard InChI is InChI=1S/C16H14N4O2S/c21-23(22)12-11-19-9-1-3-15(16(19)18-23)13-4-6-14(7-5-13)20-10-2-8-17-20/h1-10H,11-12H2/p+1. The fourth-order valence-corrected chi connectivity index (χ4v) is 3.78. The Hall–Kier alpha value is -2.67. The molecule has 0 unspecified atom stereocenters. The van der Waals surface area contributed by atoms with Crippen LogP contribution in [-0.4, -0.2) is 24.0 Å². The SMILES string of the molecule is O=S1(=O)CC[n+]2cccc(-c3ccc(-n4cccn4)cc3)c2N1. The van der Waals surface area contributed by atoms with E-state index in [1.807, 2.05) is 59.4 Å². The van der Waals surface area contributed by atoms with E-state index in [-0.39, 0.29) is 5.75 Å². The Morgan fingerprint density at radius 2 is 1.96 bits per heavy atom. The maximum absolute atomic E-state index is 11.9. The Labute approximate surface area is 134 Å². The number of fused-ring (bicyclic) bond motifs is 1. The fourth-order valence-electron chi connectivity index (χ4n) is 2.72. The third-order valence-electron chi connectivity index (χ3n) is 3.87. The van der Waals surface area contributed by atoms with Crippen molar-refractivity contribution in [3.63, 3.8) is 0 Å². The van der Waals surface area contributed by atoms with Crippen molar-refractivity contribution in [1.29, 1.82) is 0 Å². The predicted octanol–water partition coefficient (Wildman–Crippen LogP) is 1.58. The summed E-state index contributed by atoms with van der Waals surface area (Å²) in [5.74, 6) is 0.720. The second-order valence-electron chi connectivity index (χ2n) is 5.38. The Morgan fingerprint density at radius 3 is 2.70 bits per heavy atom. The topological polar surface area (TPSA) is 67.9 Å². The van der Waals surface area contributed by atoms with Gasteiger partial charge in [-0.3, -0.25) is 0 Å². The van der Waals surface area contributed by atoms with Gasteiger partial charge in [-0.25, -0.2) is 9.25 Å². The van der Waals surface area contributed by atoms with E-state index in [1.165, 1.54) is 0 Å². The van der Waals surface area contributed by atoms with Gasteiger partial charge in [0.25, 0.3) is 5.82 Å². The molecule has 0 saturated carbocycles. The van der Waals surface area contributed by atoms with Crippen LogP contribution in [0.25, 0.3) is 16.8 Å². The molecule has 0 amide bonds. The van der Waals surface area contributed by atoms with E-state index in [0.29, 0.717) is 12.4 Å². The zero-order chi connectivity index (χ0) is 15.9. The number of benzene rings is 1. The number of pyridine rings is 1. The number of anilines is 1. The lowest BCUT2D eigenvalue weighted by atomic mass is 10.1. The van der Waals surface area contributed by atoms with Crippen LogP contribution in [0.2, 0.25) is 0 Å². The molecule has 0 aliphatic carbocycles. The van der Waals surface area contributed by atoms with Crippen molar-refractivity contribution in [3.05, 3.63) is 61.1 Å². The van der Waals surface area contributed by atoms with Crippen molar-refractivity contribution in [2.24, 2.45) is 0 Å². The third-order valence-corrected chi connectivity index (χ3v) is 5.10. The molecule has 116 valence electrons. The molecule has 1 aliphatic rings. The van der Waals surface area contributed by atoms with Crippen molar-refractivity contribution in [2.75, 3.05) is 10.5 Å². The minimum atomic E-state index is -3.26. The number of aromatic nitrogens is 3. The van der Waals surface area contributed by atoms with Gasteiger partial charge >= 0.3 is 10.0 Å². The van der Waals surface area contributed by atoms with Crippen LogP contribution < -0.4 is 9.29 Å². The molecule has 0 spiro atoms. The number of nitrogens with zero attached hydrogens (tertiary/aromatic N) is 3. The molecule has 7 heteroatoms. The molecule has 0 bridgehead atoms. The lowest BCUT2D eigenvalue weighted by Gasteiger charge is -2.15. The van der Waals surface area contributed by atoms with Crippen molar-refractivity contribution >= 4 is 15.8 Å². The molecular formula is C16H15N4O2S+. The van der Waals surface area contributed by atoms with E-state index in [4.69, 9.17) is 0 Å². The lowest BCUT2D eigenvalue weighted by Crippen LogP contribution is -2.47. The molecule has 4 rings (SSSR count). The Morgan fingerprint density at radius 1 is 1.13 bits per heavy atom. The van der Waals surface area contributed by atoms with E-state index in [2.05, 4.69) is 9.82 Å². The largest absolute Gasteiger partial charge is 0.302 e. The minimum Gasteiger partial charge on any atom is -0.241 e. The number of hydrogen-bond donors (Lipinski definition) is 1. The molecule has 1 aromatic carbocycles. The van der Waals surface area contributed by atoms with Crippen LogP contribution in [0.3, 0.4) is 0 Å². The highest BCUT2D eigenvalue weighted by atomic mass is 32.2. The van der Waals surface area contributed by atoms with Gasteiger partial charge in [-0.2, -0.15) is 18.2 Å². The van der Waals surface area contributed by atoms with Crippen LogP contribution in [0.15, 0.2) is 61.1 Å². The molecule has 0 atom stereocenters. The summed E-state index contributed by atoms with van der Waals surface area (Å²) < 4.78 is 30.1. The molecule has 3 aromatic rings. The van der Waals surface area contributed by atoms with Crippen molar-refractivity contribution in [2.45, 2.75) is 6.54 Å². The first kappa shape index (κ1) is 14.0. The molecule has 0 saturated heterocycles. The molecule has 0 fully saturated rings. The zero-order valence-corrected chi connectivity index (χ0v) is 13.1. The van der Waals surface area contributed by atoms with Crippen LogP contribution in [0.4, 0.5) is 5.82 Å². The number of nitrogens with one attached hydrogen (secondary N) is 1. The zero-order valence-electron chi connectivity index (χ0n) is 12.3. The molecule has 0 radical (unpaired) electrons. The maximum atomic E-state index is 11.9. The van der Waals surface area contributed by atoms with Crippen LogP contribution in [0.1, 0.15) is 0 Å². The van der Waals surface area contributed by atoms with E-state index >= 15 is 0 Å². The predicted molar refractivity (Wildman–Crippen MR) is 86.6 cm³/mol. The number of rotatable bonds is 2. The highest BCUT2D eigenvalue weighted by Crippen LogP contribution is 2.27. The van der Waals surface area contributed by atoms with E-state index in [0.717, 1.165) is 16.8 Å². The lowest BCUT2D eigenvalue weighted by molar-refractivity contribution is -0.679. The van der Waals surface area contributed by atoms with Gasteiger partial charge in [-0.15, -0.1) is 0 Å². The minimum absolute atomic E-state index is 0.104. The second-order valence-corrected chi connectivity index (χ2v) is 7.22. The molecule has 6 nitrogen and oxygen atoms in total. The summed E-state index contributed by atoms with van der Waals surface area (Å²) in [5, 5.41) is 4.20. The summed E-state index contributed by atoms with van der Waals surface area (Å²) in [4.78, 5) is 0. The first-order valence-electron chi connectivity index (χ1n) is 7.26. The molecular weight excluding hydrogens is 312 g/mol. The van der Waals surface area contributed by atoms with Gasteiger partial charge in [0.15, 0.2) is 0 Å². The highest BCUT2D eigenvalue weighted by molar-refractivity contribution is 7.92. The quantitative estimate of drug-likeness (QED) is 0.727. The molecule has 2 aromatic heterocycles. The Balaban J connectivity index is 1.77. The Bertz CT molecular complexity index is 948. The summed E-state index contributed by atoms with van der Waals surface area (Å²) in [6.45, 7) is 0.462. The molecule has 1 aliphatic heterocycles. The first-order valence-corrected chi connectivity index (χ1v) is 8.91. The first-order chi connectivity index (χ1) is 11.1. The van der Waals surface area contributed by atoms with Gasteiger partial charge in [0, 0.05) is 12.4 Å². The van der Waals surface area contributed by atoms with Gasteiger partial charge in [0.05, 0.1) is 17.4 Å². The summed E-state index contributed by atoms with van der Waals surface area (Å²) in [6, 6.07) is 13.6. The third kappa shape index (κ3) is 2.59.